The van der Waals surface area contributed by atoms with E-state index < -0.39 is 4.92 Å². The SMILES string of the molecule is C/C(=N\NC(=S)N1CCCCC1)c1ccc([N+](=O)[O-])cc1. The number of hydrogen-bond donors (Lipinski definition) is 1. The Morgan fingerprint density at radius 2 is 1.90 bits per heavy atom. The number of rotatable bonds is 3. The van der Waals surface area contributed by atoms with Gasteiger partial charge in [0.1, 0.15) is 0 Å². The third-order valence-electron chi connectivity index (χ3n) is 3.46. The predicted molar refractivity (Wildman–Crippen MR) is 86.5 cm³/mol. The number of nitrogens with one attached hydrogen (secondary N) is 1. The van der Waals surface area contributed by atoms with Gasteiger partial charge in [-0.25, -0.2) is 0 Å². The summed E-state index contributed by atoms with van der Waals surface area (Å²) in [4.78, 5) is 12.3. The van der Waals surface area contributed by atoms with Gasteiger partial charge in [-0.15, -0.1) is 0 Å². The van der Waals surface area contributed by atoms with Crippen LogP contribution in [-0.4, -0.2) is 33.7 Å². The van der Waals surface area contributed by atoms with E-state index in [1.54, 1.807) is 12.1 Å². The van der Waals surface area contributed by atoms with Crippen molar-refractivity contribution in [3.63, 3.8) is 0 Å². The van der Waals surface area contributed by atoms with Gasteiger partial charge in [0.25, 0.3) is 5.69 Å². The van der Waals surface area contributed by atoms with Crippen LogP contribution in [0.4, 0.5) is 5.69 Å². The fraction of sp³-hybridized carbons (Fsp3) is 0.429. The number of hydrazone groups is 1. The molecule has 112 valence electrons. The van der Waals surface area contributed by atoms with E-state index in [9.17, 15) is 10.1 Å². The zero-order chi connectivity index (χ0) is 15.2. The van der Waals surface area contributed by atoms with E-state index in [0.717, 1.165) is 37.2 Å². The first kappa shape index (κ1) is 15.4. The maximum Gasteiger partial charge on any atom is 0.269 e. The molecule has 2 rings (SSSR count). The van der Waals surface area contributed by atoms with Gasteiger partial charge in [-0.1, -0.05) is 0 Å². The van der Waals surface area contributed by atoms with Crippen LogP contribution in [0.25, 0.3) is 0 Å². The minimum absolute atomic E-state index is 0.0725. The molecule has 0 spiro atoms. The van der Waals surface area contributed by atoms with Crippen LogP contribution >= 0.6 is 12.2 Å². The zero-order valence-corrected chi connectivity index (χ0v) is 12.7. The number of hydrogen-bond acceptors (Lipinski definition) is 4. The molecule has 0 bridgehead atoms. The summed E-state index contributed by atoms with van der Waals surface area (Å²) in [5.74, 6) is 0. The number of nitro benzene ring substituents is 1. The van der Waals surface area contributed by atoms with Crippen LogP contribution in [0.2, 0.25) is 0 Å². The Balaban J connectivity index is 1.96. The molecule has 0 amide bonds. The average Bonchev–Trinajstić information content (AvgIpc) is 2.53. The highest BCUT2D eigenvalue weighted by molar-refractivity contribution is 7.80. The molecule has 1 N–H and O–H groups in total. The van der Waals surface area contributed by atoms with E-state index >= 15 is 0 Å². The van der Waals surface area contributed by atoms with Crippen molar-refractivity contribution in [1.29, 1.82) is 0 Å². The first-order valence-corrected chi connectivity index (χ1v) is 7.33. The summed E-state index contributed by atoms with van der Waals surface area (Å²) in [6.45, 7) is 3.78. The number of benzene rings is 1. The molecule has 1 aliphatic heterocycles. The van der Waals surface area contributed by atoms with Crippen molar-refractivity contribution in [2.75, 3.05) is 13.1 Å². The van der Waals surface area contributed by atoms with Crippen molar-refractivity contribution in [2.24, 2.45) is 5.10 Å². The van der Waals surface area contributed by atoms with Gasteiger partial charge in [-0.05, 0) is 56.1 Å². The van der Waals surface area contributed by atoms with E-state index in [0.29, 0.717) is 5.11 Å². The second-order valence-electron chi connectivity index (χ2n) is 4.97. The summed E-state index contributed by atoms with van der Waals surface area (Å²) in [5.41, 5.74) is 4.54. The molecule has 0 radical (unpaired) electrons. The number of thiocarbonyl (C=S) groups is 1. The topological polar surface area (TPSA) is 70.8 Å². The van der Waals surface area contributed by atoms with Crippen LogP contribution in [-0.2, 0) is 0 Å². The standard InChI is InChI=1S/C14H18N4O2S/c1-11(12-5-7-13(8-6-12)18(19)20)15-16-14(21)17-9-3-2-4-10-17/h5-8H,2-4,9-10H2,1H3,(H,16,21)/b15-11+. The Bertz CT molecular complexity index is 551. The summed E-state index contributed by atoms with van der Waals surface area (Å²) in [6, 6.07) is 6.31. The molecule has 0 saturated carbocycles. The van der Waals surface area contributed by atoms with E-state index in [2.05, 4.69) is 15.4 Å². The largest absolute Gasteiger partial charge is 0.348 e. The normalized spacial score (nSPS) is 15.7. The van der Waals surface area contributed by atoms with Gasteiger partial charge in [-0.2, -0.15) is 5.10 Å². The van der Waals surface area contributed by atoms with E-state index in [4.69, 9.17) is 12.2 Å². The smallest absolute Gasteiger partial charge is 0.269 e. The van der Waals surface area contributed by atoms with Crippen LogP contribution < -0.4 is 5.43 Å². The fourth-order valence-corrected chi connectivity index (χ4v) is 2.42. The average molecular weight is 306 g/mol. The van der Waals surface area contributed by atoms with Crippen molar-refractivity contribution in [3.8, 4) is 0 Å². The lowest BCUT2D eigenvalue weighted by Crippen LogP contribution is -2.40. The van der Waals surface area contributed by atoms with Crippen LogP contribution in [0.5, 0.6) is 0 Å². The first-order chi connectivity index (χ1) is 10.1. The molecule has 0 unspecified atom stereocenters. The number of likely N-dealkylation sites (tertiary alicyclic amines) is 1. The van der Waals surface area contributed by atoms with Gasteiger partial charge in [0.15, 0.2) is 5.11 Å². The quantitative estimate of drug-likeness (QED) is 0.402. The minimum Gasteiger partial charge on any atom is -0.348 e. The van der Waals surface area contributed by atoms with E-state index in [1.165, 1.54) is 18.6 Å². The molecule has 21 heavy (non-hydrogen) atoms. The lowest BCUT2D eigenvalue weighted by molar-refractivity contribution is -0.384. The van der Waals surface area contributed by atoms with Crippen molar-refractivity contribution in [3.05, 3.63) is 39.9 Å². The Kier molecular flexibility index (Phi) is 5.21. The molecule has 0 aromatic heterocycles. The number of nitrogens with zero attached hydrogens (tertiary/aromatic N) is 3. The molecule has 1 saturated heterocycles. The second kappa shape index (κ2) is 7.12. The first-order valence-electron chi connectivity index (χ1n) is 6.92. The van der Waals surface area contributed by atoms with Crippen molar-refractivity contribution in [1.82, 2.24) is 10.3 Å². The van der Waals surface area contributed by atoms with Gasteiger partial charge >= 0.3 is 0 Å². The van der Waals surface area contributed by atoms with Crippen molar-refractivity contribution < 1.29 is 4.92 Å². The van der Waals surface area contributed by atoms with Gasteiger partial charge in [0, 0.05) is 25.2 Å². The summed E-state index contributed by atoms with van der Waals surface area (Å²) < 4.78 is 0. The van der Waals surface area contributed by atoms with Crippen LogP contribution in [0.3, 0.4) is 0 Å². The van der Waals surface area contributed by atoms with Gasteiger partial charge in [-0.3, -0.25) is 15.5 Å². The Hall–Kier alpha value is -2.02. The van der Waals surface area contributed by atoms with Crippen LogP contribution in [0.15, 0.2) is 29.4 Å². The number of nitro groups is 1. The monoisotopic (exact) mass is 306 g/mol. The highest BCUT2D eigenvalue weighted by atomic mass is 32.1. The molecule has 6 nitrogen and oxygen atoms in total. The molecule has 1 heterocycles. The fourth-order valence-electron chi connectivity index (χ4n) is 2.19. The molecular weight excluding hydrogens is 288 g/mol. The van der Waals surface area contributed by atoms with Gasteiger partial charge < -0.3 is 4.90 Å². The number of piperidine rings is 1. The zero-order valence-electron chi connectivity index (χ0n) is 11.9. The van der Waals surface area contributed by atoms with E-state index in [-0.39, 0.29) is 5.69 Å². The summed E-state index contributed by atoms with van der Waals surface area (Å²) in [5, 5.41) is 15.5. The van der Waals surface area contributed by atoms with Gasteiger partial charge in [0.2, 0.25) is 0 Å². The Morgan fingerprint density at radius 1 is 1.29 bits per heavy atom. The lowest BCUT2D eigenvalue weighted by Gasteiger charge is -2.28. The maximum atomic E-state index is 10.6. The molecular formula is C14H18N4O2S. The predicted octanol–water partition coefficient (Wildman–Crippen LogP) is 2.68. The second-order valence-corrected chi connectivity index (χ2v) is 5.35. The van der Waals surface area contributed by atoms with Crippen molar-refractivity contribution in [2.45, 2.75) is 26.2 Å². The Morgan fingerprint density at radius 3 is 2.48 bits per heavy atom. The van der Waals surface area contributed by atoms with Crippen molar-refractivity contribution >= 4 is 28.7 Å². The molecule has 0 aliphatic carbocycles. The lowest BCUT2D eigenvalue weighted by atomic mass is 10.1. The third-order valence-corrected chi connectivity index (χ3v) is 3.81. The summed E-state index contributed by atoms with van der Waals surface area (Å²) in [7, 11) is 0. The number of non-ortho nitro benzene ring substituents is 1. The Labute approximate surface area is 129 Å². The molecule has 0 atom stereocenters. The third kappa shape index (κ3) is 4.22. The maximum absolute atomic E-state index is 10.6. The highest BCUT2D eigenvalue weighted by Gasteiger charge is 2.12. The molecule has 1 aromatic rings. The molecule has 1 fully saturated rings. The van der Waals surface area contributed by atoms with Crippen LogP contribution in [0.1, 0.15) is 31.7 Å². The molecule has 7 heteroatoms. The molecule has 1 aliphatic rings. The minimum atomic E-state index is -0.417. The van der Waals surface area contributed by atoms with Gasteiger partial charge in [0.05, 0.1) is 10.6 Å². The molecule has 1 aromatic carbocycles. The summed E-state index contributed by atoms with van der Waals surface area (Å²) >= 11 is 5.32. The van der Waals surface area contributed by atoms with Crippen LogP contribution in [0, 0.1) is 10.1 Å². The van der Waals surface area contributed by atoms with E-state index in [1.807, 2.05) is 6.92 Å². The highest BCUT2D eigenvalue weighted by Crippen LogP contribution is 2.12. The summed E-state index contributed by atoms with van der Waals surface area (Å²) in [6.07, 6.45) is 3.57.